The monoisotopic (exact) mass is 412 g/mol. The Morgan fingerprint density at radius 2 is 1.87 bits per heavy atom. The minimum absolute atomic E-state index is 0.0596. The lowest BCUT2D eigenvalue weighted by Gasteiger charge is -2.30. The molecule has 2 heterocycles. The number of Topliss-reactive ketones (excluding diaryl/α,β-unsaturated/α-hetero) is 1. The first kappa shape index (κ1) is 21.5. The predicted molar refractivity (Wildman–Crippen MR) is 112 cm³/mol. The van der Waals surface area contributed by atoms with E-state index in [0.717, 1.165) is 16.8 Å². The first-order valence-corrected chi connectivity index (χ1v) is 10.1. The molecule has 0 saturated carbocycles. The Kier molecular flexibility index (Phi) is 6.24. The van der Waals surface area contributed by atoms with Crippen LogP contribution in [0.5, 0.6) is 0 Å². The zero-order valence-corrected chi connectivity index (χ0v) is 17.9. The van der Waals surface area contributed by atoms with Crippen LogP contribution in [-0.2, 0) is 22.5 Å². The fourth-order valence-corrected chi connectivity index (χ4v) is 3.19. The second-order valence-electron chi connectivity index (χ2n) is 8.52. The van der Waals surface area contributed by atoms with Gasteiger partial charge in [-0.2, -0.15) is 5.10 Å². The molecule has 0 aliphatic carbocycles. The number of anilines is 1. The maximum atomic E-state index is 12.4. The number of rotatable bonds is 5. The molecule has 0 unspecified atom stereocenters. The molecule has 2 aromatic rings. The van der Waals surface area contributed by atoms with Crippen LogP contribution in [0.25, 0.3) is 0 Å². The first-order valence-electron chi connectivity index (χ1n) is 10.1. The molecule has 0 spiro atoms. The van der Waals surface area contributed by atoms with Crippen molar-refractivity contribution in [1.82, 2.24) is 15.1 Å². The molecule has 0 radical (unpaired) electrons. The highest BCUT2D eigenvalue weighted by molar-refractivity contribution is 6.00. The molecule has 0 saturated heterocycles. The van der Waals surface area contributed by atoms with Crippen LogP contribution in [0, 0.1) is 6.92 Å². The van der Waals surface area contributed by atoms with Gasteiger partial charge in [-0.05, 0) is 27.7 Å². The molecule has 0 atom stereocenters. The van der Waals surface area contributed by atoms with E-state index in [1.807, 2.05) is 39.8 Å². The first-order chi connectivity index (χ1) is 14.1. The third-order valence-corrected chi connectivity index (χ3v) is 4.80. The molecule has 0 bridgehead atoms. The van der Waals surface area contributed by atoms with Crippen molar-refractivity contribution in [2.24, 2.45) is 0 Å². The van der Waals surface area contributed by atoms with Crippen molar-refractivity contribution in [1.29, 1.82) is 0 Å². The highest BCUT2D eigenvalue weighted by Crippen LogP contribution is 2.25. The van der Waals surface area contributed by atoms with E-state index in [1.165, 1.54) is 0 Å². The topological polar surface area (TPSA) is 104 Å². The third kappa shape index (κ3) is 5.46. The lowest BCUT2D eigenvalue weighted by Crippen LogP contribution is -2.40. The van der Waals surface area contributed by atoms with Crippen molar-refractivity contribution in [3.8, 4) is 0 Å². The highest BCUT2D eigenvalue weighted by atomic mass is 16.6. The Morgan fingerprint density at radius 3 is 2.53 bits per heavy atom. The highest BCUT2D eigenvalue weighted by Gasteiger charge is 2.29. The van der Waals surface area contributed by atoms with Crippen LogP contribution in [-0.4, -0.2) is 45.0 Å². The van der Waals surface area contributed by atoms with Gasteiger partial charge in [0, 0.05) is 42.6 Å². The number of nitrogens with zero attached hydrogens (tertiary/aromatic N) is 2. The fraction of sp³-hybridized carbons (Fsp3) is 0.455. The van der Waals surface area contributed by atoms with Gasteiger partial charge in [0.15, 0.2) is 11.6 Å². The number of fused-ring (bicyclic) bond motifs is 1. The molecule has 1 aromatic heterocycles. The minimum Gasteiger partial charge on any atom is -0.444 e. The standard InChI is InChI=1S/C22H28N4O4/c1-14-5-7-15(8-6-14)18(27)9-10-19(28)23-20-16-13-26(12-11-17(16)24-25-20)21(29)30-22(2,3)4/h5-8H,9-13H2,1-4H3,(H2,23,24,25,28). The maximum absolute atomic E-state index is 12.4. The molecule has 8 heteroatoms. The number of carbonyl (C=O) groups is 3. The lowest BCUT2D eigenvalue weighted by atomic mass is 10.0. The van der Waals surface area contributed by atoms with Gasteiger partial charge in [0.25, 0.3) is 0 Å². The number of nitrogens with one attached hydrogen (secondary N) is 2. The van der Waals surface area contributed by atoms with Gasteiger partial charge in [-0.3, -0.25) is 14.7 Å². The van der Waals surface area contributed by atoms with Gasteiger partial charge in [-0.25, -0.2) is 4.79 Å². The normalized spacial score (nSPS) is 13.5. The number of ketones is 1. The Balaban J connectivity index is 1.57. The number of H-pyrrole nitrogens is 1. The fourth-order valence-electron chi connectivity index (χ4n) is 3.19. The minimum atomic E-state index is -0.575. The molecule has 30 heavy (non-hydrogen) atoms. The van der Waals surface area contributed by atoms with Crippen LogP contribution in [0.4, 0.5) is 10.6 Å². The van der Waals surface area contributed by atoms with Gasteiger partial charge in [-0.15, -0.1) is 0 Å². The van der Waals surface area contributed by atoms with E-state index in [1.54, 1.807) is 17.0 Å². The Bertz CT molecular complexity index is 941. The largest absolute Gasteiger partial charge is 0.444 e. The van der Waals surface area contributed by atoms with Gasteiger partial charge in [0.1, 0.15) is 5.60 Å². The van der Waals surface area contributed by atoms with E-state index in [9.17, 15) is 14.4 Å². The molecular formula is C22H28N4O4. The Hall–Kier alpha value is -3.16. The average Bonchev–Trinajstić information content (AvgIpc) is 3.07. The summed E-state index contributed by atoms with van der Waals surface area (Å²) in [7, 11) is 0. The summed E-state index contributed by atoms with van der Waals surface area (Å²) in [5.74, 6) is 0.0236. The van der Waals surface area contributed by atoms with E-state index >= 15 is 0 Å². The number of aromatic amines is 1. The summed E-state index contributed by atoms with van der Waals surface area (Å²) in [5, 5.41) is 9.87. The summed E-state index contributed by atoms with van der Waals surface area (Å²) in [6.07, 6.45) is 0.384. The summed E-state index contributed by atoms with van der Waals surface area (Å²) < 4.78 is 5.44. The molecule has 0 fully saturated rings. The molecule has 1 aromatic carbocycles. The average molecular weight is 412 g/mol. The second kappa shape index (κ2) is 8.69. The van der Waals surface area contributed by atoms with Crippen molar-refractivity contribution >= 4 is 23.6 Å². The molecule has 2 N–H and O–H groups in total. The molecule has 8 nitrogen and oxygen atoms in total. The van der Waals surface area contributed by atoms with Gasteiger partial charge in [0.05, 0.1) is 6.54 Å². The zero-order chi connectivity index (χ0) is 21.9. The smallest absolute Gasteiger partial charge is 0.410 e. The van der Waals surface area contributed by atoms with E-state index in [4.69, 9.17) is 4.74 Å². The summed E-state index contributed by atoms with van der Waals surface area (Å²) >= 11 is 0. The predicted octanol–water partition coefficient (Wildman–Crippen LogP) is 3.61. The van der Waals surface area contributed by atoms with Crippen LogP contribution in [0.15, 0.2) is 24.3 Å². The van der Waals surface area contributed by atoms with Crippen LogP contribution in [0.1, 0.15) is 60.8 Å². The van der Waals surface area contributed by atoms with Crippen molar-refractivity contribution in [2.45, 2.75) is 59.1 Å². The second-order valence-corrected chi connectivity index (χ2v) is 8.52. The van der Waals surface area contributed by atoms with E-state index in [2.05, 4.69) is 15.5 Å². The number of hydrogen-bond donors (Lipinski definition) is 2. The zero-order valence-electron chi connectivity index (χ0n) is 17.9. The van der Waals surface area contributed by atoms with Gasteiger partial charge < -0.3 is 15.0 Å². The summed E-state index contributed by atoms with van der Waals surface area (Å²) in [5.41, 5.74) is 2.76. The number of carbonyl (C=O) groups excluding carboxylic acids is 3. The maximum Gasteiger partial charge on any atom is 0.410 e. The molecule has 3 rings (SSSR count). The quantitative estimate of drug-likeness (QED) is 0.730. The van der Waals surface area contributed by atoms with Crippen LogP contribution < -0.4 is 5.32 Å². The van der Waals surface area contributed by atoms with Crippen LogP contribution in [0.2, 0.25) is 0 Å². The number of amides is 2. The van der Waals surface area contributed by atoms with E-state index < -0.39 is 11.7 Å². The van der Waals surface area contributed by atoms with Gasteiger partial charge >= 0.3 is 6.09 Å². The number of aryl methyl sites for hydroxylation is 1. The number of ether oxygens (including phenoxy) is 1. The van der Waals surface area contributed by atoms with Crippen LogP contribution >= 0.6 is 0 Å². The van der Waals surface area contributed by atoms with Gasteiger partial charge in [-0.1, -0.05) is 29.8 Å². The summed E-state index contributed by atoms with van der Waals surface area (Å²) in [6, 6.07) is 7.29. The van der Waals surface area contributed by atoms with Crippen LogP contribution in [0.3, 0.4) is 0 Å². The molecule has 2 amide bonds. The number of hydrogen-bond acceptors (Lipinski definition) is 5. The number of benzene rings is 1. The Labute approximate surface area is 176 Å². The molecule has 1 aliphatic heterocycles. The molecular weight excluding hydrogens is 384 g/mol. The van der Waals surface area contributed by atoms with Gasteiger partial charge in [0.2, 0.25) is 5.91 Å². The lowest BCUT2D eigenvalue weighted by molar-refractivity contribution is -0.116. The summed E-state index contributed by atoms with van der Waals surface area (Å²) in [4.78, 5) is 38.6. The van der Waals surface area contributed by atoms with Crippen molar-refractivity contribution < 1.29 is 19.1 Å². The third-order valence-electron chi connectivity index (χ3n) is 4.80. The summed E-state index contributed by atoms with van der Waals surface area (Å²) in [6.45, 7) is 8.24. The molecule has 1 aliphatic rings. The number of aromatic nitrogens is 2. The van der Waals surface area contributed by atoms with Crippen molar-refractivity contribution in [3.05, 3.63) is 46.6 Å². The Morgan fingerprint density at radius 1 is 1.17 bits per heavy atom. The van der Waals surface area contributed by atoms with Crippen molar-refractivity contribution in [2.75, 3.05) is 11.9 Å². The SMILES string of the molecule is Cc1ccc(C(=O)CCC(=O)Nc2n[nH]c3c2CN(C(=O)OC(C)(C)C)CC3)cc1. The van der Waals surface area contributed by atoms with E-state index in [-0.39, 0.29) is 24.5 Å². The van der Waals surface area contributed by atoms with E-state index in [0.29, 0.717) is 30.9 Å². The molecule has 160 valence electrons. The van der Waals surface area contributed by atoms with Crippen molar-refractivity contribution in [3.63, 3.8) is 0 Å².